The lowest BCUT2D eigenvalue weighted by atomic mass is 10.1. The van der Waals surface area contributed by atoms with E-state index >= 15 is 0 Å². The van der Waals surface area contributed by atoms with Crippen LogP contribution in [0.3, 0.4) is 0 Å². The van der Waals surface area contributed by atoms with Gasteiger partial charge in [-0.25, -0.2) is 9.97 Å². The minimum atomic E-state index is -0.258. The molecule has 1 saturated heterocycles. The molecule has 8 heteroatoms. The number of hydrogen-bond acceptors (Lipinski definition) is 6. The number of nitrogens with one attached hydrogen (secondary N) is 3. The number of ether oxygens (including phenoxy) is 1. The van der Waals surface area contributed by atoms with Crippen molar-refractivity contribution < 1.29 is 9.53 Å². The van der Waals surface area contributed by atoms with Gasteiger partial charge in [-0.2, -0.15) is 0 Å². The van der Waals surface area contributed by atoms with Gasteiger partial charge in [0.05, 0.1) is 18.6 Å². The third kappa shape index (κ3) is 4.56. The normalized spacial score (nSPS) is 13.6. The van der Waals surface area contributed by atoms with E-state index in [0.717, 1.165) is 54.3 Å². The Hall–Kier alpha value is -4.17. The Kier molecular flexibility index (Phi) is 5.73. The van der Waals surface area contributed by atoms with E-state index in [1.165, 1.54) is 18.1 Å². The molecule has 0 unspecified atom stereocenters. The fourth-order valence-corrected chi connectivity index (χ4v) is 3.89. The van der Waals surface area contributed by atoms with E-state index in [1.54, 1.807) is 0 Å². The Balaban J connectivity index is 1.43. The summed E-state index contributed by atoms with van der Waals surface area (Å²) in [5.74, 6) is 0.421. The summed E-state index contributed by atoms with van der Waals surface area (Å²) in [5.41, 5.74) is 5.44. The molecule has 166 valence electrons. The zero-order valence-electron chi connectivity index (χ0n) is 18.0. The maximum atomic E-state index is 11.6. The SMILES string of the molecule is C=CC(=O)Nc1cccc(Nc2ncnc3[nH]c(-c4cccc(N5CCOCC5)c4)cc23)c1. The predicted molar refractivity (Wildman–Crippen MR) is 131 cm³/mol. The molecule has 0 aliphatic carbocycles. The van der Waals surface area contributed by atoms with Gasteiger partial charge in [-0.05, 0) is 42.5 Å². The first-order valence-corrected chi connectivity index (χ1v) is 10.8. The Labute approximate surface area is 191 Å². The molecule has 0 saturated carbocycles. The van der Waals surface area contributed by atoms with Crippen LogP contribution in [0.25, 0.3) is 22.3 Å². The van der Waals surface area contributed by atoms with Gasteiger partial charge >= 0.3 is 0 Å². The second-order valence-corrected chi connectivity index (χ2v) is 7.72. The number of carbonyl (C=O) groups is 1. The molecule has 5 rings (SSSR count). The highest BCUT2D eigenvalue weighted by Crippen LogP contribution is 2.31. The molecule has 0 radical (unpaired) electrons. The van der Waals surface area contributed by atoms with Crippen molar-refractivity contribution in [3.05, 3.63) is 73.6 Å². The van der Waals surface area contributed by atoms with Crippen molar-refractivity contribution in [3.8, 4) is 11.3 Å². The smallest absolute Gasteiger partial charge is 0.247 e. The van der Waals surface area contributed by atoms with Crippen LogP contribution in [0.5, 0.6) is 0 Å². The number of rotatable bonds is 6. The highest BCUT2D eigenvalue weighted by atomic mass is 16.5. The number of nitrogens with zero attached hydrogens (tertiary/aromatic N) is 3. The van der Waals surface area contributed by atoms with E-state index in [9.17, 15) is 4.79 Å². The number of anilines is 4. The fourth-order valence-electron chi connectivity index (χ4n) is 3.89. The molecule has 2 aromatic heterocycles. The molecule has 0 bridgehead atoms. The molecule has 1 amide bonds. The Bertz CT molecular complexity index is 1310. The molecule has 4 aromatic rings. The van der Waals surface area contributed by atoms with Gasteiger partial charge in [0.1, 0.15) is 17.8 Å². The summed E-state index contributed by atoms with van der Waals surface area (Å²) in [6.45, 7) is 6.77. The second-order valence-electron chi connectivity index (χ2n) is 7.72. The van der Waals surface area contributed by atoms with Crippen LogP contribution in [0.2, 0.25) is 0 Å². The molecule has 0 atom stereocenters. The minimum Gasteiger partial charge on any atom is -0.378 e. The molecular weight excluding hydrogens is 416 g/mol. The minimum absolute atomic E-state index is 0.258. The van der Waals surface area contributed by atoms with E-state index in [-0.39, 0.29) is 5.91 Å². The van der Waals surface area contributed by atoms with Gasteiger partial charge in [-0.3, -0.25) is 4.79 Å². The molecular formula is C25H24N6O2. The fraction of sp³-hybridized carbons (Fsp3) is 0.160. The summed E-state index contributed by atoms with van der Waals surface area (Å²) in [6, 6.07) is 18.0. The van der Waals surface area contributed by atoms with Crippen LogP contribution in [-0.4, -0.2) is 47.2 Å². The van der Waals surface area contributed by atoms with Crippen molar-refractivity contribution in [1.82, 2.24) is 15.0 Å². The van der Waals surface area contributed by atoms with Crippen LogP contribution in [0.1, 0.15) is 0 Å². The van der Waals surface area contributed by atoms with Gasteiger partial charge in [0.15, 0.2) is 0 Å². The largest absolute Gasteiger partial charge is 0.378 e. The van der Waals surface area contributed by atoms with Crippen molar-refractivity contribution in [2.24, 2.45) is 0 Å². The summed E-state index contributed by atoms with van der Waals surface area (Å²) < 4.78 is 5.47. The van der Waals surface area contributed by atoms with Gasteiger partial charge in [0, 0.05) is 41.4 Å². The van der Waals surface area contributed by atoms with Crippen LogP contribution in [-0.2, 0) is 9.53 Å². The van der Waals surface area contributed by atoms with Crippen molar-refractivity contribution in [2.75, 3.05) is 41.8 Å². The number of carbonyl (C=O) groups excluding carboxylic acids is 1. The quantitative estimate of drug-likeness (QED) is 0.386. The zero-order valence-corrected chi connectivity index (χ0v) is 18.0. The highest BCUT2D eigenvalue weighted by molar-refractivity contribution is 5.99. The summed E-state index contributed by atoms with van der Waals surface area (Å²) >= 11 is 0. The van der Waals surface area contributed by atoms with Crippen molar-refractivity contribution >= 4 is 39.8 Å². The molecule has 1 fully saturated rings. The average molecular weight is 441 g/mol. The number of H-pyrrole nitrogens is 1. The molecule has 33 heavy (non-hydrogen) atoms. The third-order valence-electron chi connectivity index (χ3n) is 5.54. The molecule has 0 spiro atoms. The van der Waals surface area contributed by atoms with E-state index in [4.69, 9.17) is 4.74 Å². The molecule has 1 aliphatic rings. The van der Waals surface area contributed by atoms with E-state index < -0.39 is 0 Å². The summed E-state index contributed by atoms with van der Waals surface area (Å²) in [7, 11) is 0. The van der Waals surface area contributed by atoms with Crippen molar-refractivity contribution in [3.63, 3.8) is 0 Å². The van der Waals surface area contributed by atoms with Crippen LogP contribution < -0.4 is 15.5 Å². The first kappa shape index (κ1) is 20.7. The number of fused-ring (bicyclic) bond motifs is 1. The first-order valence-electron chi connectivity index (χ1n) is 10.8. The standard InChI is InChI=1S/C25H24N6O2/c1-2-23(32)28-18-6-4-7-19(14-18)29-24-21-15-22(30-25(21)27-16-26-24)17-5-3-8-20(13-17)31-9-11-33-12-10-31/h2-8,13-16H,1,9-12H2,(H,28,32)(H2,26,27,29,30). The van der Waals surface area contributed by atoms with Gasteiger partial charge in [-0.1, -0.05) is 24.8 Å². The van der Waals surface area contributed by atoms with Crippen LogP contribution >= 0.6 is 0 Å². The Morgan fingerprint density at radius 2 is 1.88 bits per heavy atom. The number of amides is 1. The monoisotopic (exact) mass is 440 g/mol. The van der Waals surface area contributed by atoms with E-state index in [0.29, 0.717) is 11.5 Å². The number of benzene rings is 2. The summed E-state index contributed by atoms with van der Waals surface area (Å²) in [5, 5.41) is 6.98. The molecule has 3 N–H and O–H groups in total. The Morgan fingerprint density at radius 3 is 2.73 bits per heavy atom. The maximum absolute atomic E-state index is 11.6. The van der Waals surface area contributed by atoms with Crippen molar-refractivity contribution in [1.29, 1.82) is 0 Å². The molecule has 8 nitrogen and oxygen atoms in total. The third-order valence-corrected chi connectivity index (χ3v) is 5.54. The first-order chi connectivity index (χ1) is 16.2. The lowest BCUT2D eigenvalue weighted by Gasteiger charge is -2.29. The number of aromatic nitrogens is 3. The van der Waals surface area contributed by atoms with Gasteiger partial charge in [0.25, 0.3) is 0 Å². The number of morpholine rings is 1. The van der Waals surface area contributed by atoms with Gasteiger partial charge in [-0.15, -0.1) is 0 Å². The van der Waals surface area contributed by atoms with E-state index in [2.05, 4.69) is 67.4 Å². The van der Waals surface area contributed by atoms with Gasteiger partial charge < -0.3 is 25.3 Å². The molecule has 1 aliphatic heterocycles. The lowest BCUT2D eigenvalue weighted by Crippen LogP contribution is -2.36. The van der Waals surface area contributed by atoms with Crippen LogP contribution in [0.4, 0.5) is 22.9 Å². The number of hydrogen-bond donors (Lipinski definition) is 3. The summed E-state index contributed by atoms with van der Waals surface area (Å²) in [6.07, 6.45) is 2.77. The average Bonchev–Trinajstić information content (AvgIpc) is 3.30. The lowest BCUT2D eigenvalue weighted by molar-refractivity contribution is -0.111. The maximum Gasteiger partial charge on any atom is 0.247 e. The summed E-state index contributed by atoms with van der Waals surface area (Å²) in [4.78, 5) is 26.2. The molecule has 2 aromatic carbocycles. The van der Waals surface area contributed by atoms with Gasteiger partial charge in [0.2, 0.25) is 5.91 Å². The second kappa shape index (κ2) is 9.13. The predicted octanol–water partition coefficient (Wildman–Crippen LogP) is 4.33. The number of aromatic amines is 1. The van der Waals surface area contributed by atoms with Crippen molar-refractivity contribution in [2.45, 2.75) is 0 Å². The topological polar surface area (TPSA) is 95.2 Å². The van der Waals surface area contributed by atoms with Crippen LogP contribution in [0, 0.1) is 0 Å². The highest BCUT2D eigenvalue weighted by Gasteiger charge is 2.14. The Morgan fingerprint density at radius 1 is 1.06 bits per heavy atom. The van der Waals surface area contributed by atoms with E-state index in [1.807, 2.05) is 24.3 Å². The van der Waals surface area contributed by atoms with Crippen LogP contribution in [0.15, 0.2) is 73.6 Å². The zero-order chi connectivity index (χ0) is 22.6. The molecule has 3 heterocycles.